The second-order valence-electron chi connectivity index (χ2n) is 6.36. The lowest BCUT2D eigenvalue weighted by Gasteiger charge is -2.14. The smallest absolute Gasteiger partial charge is 0.337 e. The van der Waals surface area contributed by atoms with Crippen molar-refractivity contribution in [3.8, 4) is 0 Å². The number of carbonyl (C=O) groups is 1. The van der Waals surface area contributed by atoms with Gasteiger partial charge in [0.2, 0.25) is 0 Å². The number of pyridine rings is 2. The van der Waals surface area contributed by atoms with E-state index >= 15 is 0 Å². The number of nitrogens with zero attached hydrogens (tertiary/aromatic N) is 1. The molecule has 0 aliphatic heterocycles. The maximum atomic E-state index is 13.8. The topological polar surface area (TPSA) is 84.1 Å². The van der Waals surface area contributed by atoms with Crippen LogP contribution in [0.4, 0.5) is 15.9 Å². The molecule has 2 aromatic carbocycles. The van der Waals surface area contributed by atoms with E-state index in [9.17, 15) is 14.0 Å². The molecule has 0 spiro atoms. The Morgan fingerprint density at radius 1 is 1.14 bits per heavy atom. The molecule has 28 heavy (non-hydrogen) atoms. The molecule has 0 amide bonds. The third-order valence-electron chi connectivity index (χ3n) is 4.59. The van der Waals surface area contributed by atoms with Crippen molar-refractivity contribution in [3.63, 3.8) is 0 Å². The Morgan fingerprint density at radius 2 is 1.96 bits per heavy atom. The molecular weight excluding hydrogens is 361 g/mol. The molecule has 140 valence electrons. The summed E-state index contributed by atoms with van der Waals surface area (Å²) in [7, 11) is 1.32. The molecule has 4 rings (SSSR count). The second kappa shape index (κ2) is 6.77. The highest BCUT2D eigenvalue weighted by Crippen LogP contribution is 2.30. The van der Waals surface area contributed by atoms with Crippen LogP contribution in [-0.4, -0.2) is 23.0 Å². The molecule has 2 N–H and O–H groups in total. The number of methoxy groups -OCH3 is 1. The largest absolute Gasteiger partial charge is 0.465 e. The quantitative estimate of drug-likeness (QED) is 0.416. The summed E-state index contributed by atoms with van der Waals surface area (Å²) in [6.45, 7) is 1.88. The zero-order valence-electron chi connectivity index (χ0n) is 15.2. The fourth-order valence-corrected chi connectivity index (χ4v) is 3.15. The molecule has 0 atom stereocenters. The van der Waals surface area contributed by atoms with E-state index in [4.69, 9.17) is 4.74 Å². The van der Waals surface area contributed by atoms with Gasteiger partial charge in [0.15, 0.2) is 0 Å². The van der Waals surface area contributed by atoms with Gasteiger partial charge < -0.3 is 15.0 Å². The first-order valence-electron chi connectivity index (χ1n) is 8.54. The van der Waals surface area contributed by atoms with Crippen molar-refractivity contribution in [3.05, 3.63) is 76.0 Å². The van der Waals surface area contributed by atoms with Gasteiger partial charge in [0.1, 0.15) is 11.6 Å². The third kappa shape index (κ3) is 2.96. The molecule has 0 saturated carbocycles. The molecule has 0 aliphatic carbocycles. The van der Waals surface area contributed by atoms with Crippen molar-refractivity contribution >= 4 is 39.1 Å². The summed E-state index contributed by atoms with van der Waals surface area (Å²) in [6, 6.07) is 11.0. The van der Waals surface area contributed by atoms with Crippen molar-refractivity contribution in [2.45, 2.75) is 6.92 Å². The van der Waals surface area contributed by atoms with Crippen LogP contribution in [0.15, 0.2) is 53.5 Å². The average Bonchev–Trinajstić information content (AvgIpc) is 2.69. The van der Waals surface area contributed by atoms with Crippen LogP contribution in [-0.2, 0) is 4.74 Å². The van der Waals surface area contributed by atoms with Crippen LogP contribution in [0.25, 0.3) is 21.7 Å². The SMILES string of the molecule is COC(=O)c1ccc(C)c(Nc2nc3ccc(F)cc3c3c(=O)[nH]ccc23)c1. The summed E-state index contributed by atoms with van der Waals surface area (Å²) < 4.78 is 18.5. The molecule has 0 fully saturated rings. The van der Waals surface area contributed by atoms with Crippen molar-refractivity contribution < 1.29 is 13.9 Å². The van der Waals surface area contributed by atoms with E-state index in [1.54, 1.807) is 24.3 Å². The zero-order valence-corrected chi connectivity index (χ0v) is 15.2. The Balaban J connectivity index is 1.95. The van der Waals surface area contributed by atoms with Crippen LogP contribution in [0.5, 0.6) is 0 Å². The summed E-state index contributed by atoms with van der Waals surface area (Å²) in [6.07, 6.45) is 1.51. The van der Waals surface area contributed by atoms with E-state index in [0.717, 1.165) is 5.56 Å². The number of ether oxygens (including phenoxy) is 1. The molecule has 0 bridgehead atoms. The van der Waals surface area contributed by atoms with E-state index in [1.807, 2.05) is 6.92 Å². The number of benzene rings is 2. The van der Waals surface area contributed by atoms with Gasteiger partial charge in [-0.2, -0.15) is 0 Å². The first-order valence-corrected chi connectivity index (χ1v) is 8.54. The van der Waals surface area contributed by atoms with Crippen LogP contribution in [0.2, 0.25) is 0 Å². The average molecular weight is 377 g/mol. The standard InChI is InChI=1S/C21H16FN3O3/c1-11-3-4-12(21(27)28-2)9-17(11)25-19-14-7-8-23-20(26)18(14)15-10-13(22)5-6-16(15)24-19/h3-10H,1-2H3,(H,23,26)(H,24,25). The van der Waals surface area contributed by atoms with E-state index in [0.29, 0.717) is 38.7 Å². The first-order chi connectivity index (χ1) is 13.5. The molecule has 7 heteroatoms. The number of halogens is 1. The lowest BCUT2D eigenvalue weighted by Crippen LogP contribution is -2.08. The molecule has 0 aliphatic rings. The fraction of sp³-hybridized carbons (Fsp3) is 0.0952. The number of rotatable bonds is 3. The Morgan fingerprint density at radius 3 is 2.75 bits per heavy atom. The lowest BCUT2D eigenvalue weighted by atomic mass is 10.1. The molecule has 4 aromatic rings. The van der Waals surface area contributed by atoms with Crippen LogP contribution < -0.4 is 10.9 Å². The summed E-state index contributed by atoms with van der Waals surface area (Å²) in [5, 5.41) is 4.53. The number of fused-ring (bicyclic) bond motifs is 3. The van der Waals surface area contributed by atoms with Gasteiger partial charge in [0.25, 0.3) is 5.56 Å². The Labute approximate surface area is 159 Å². The highest BCUT2D eigenvalue weighted by Gasteiger charge is 2.14. The van der Waals surface area contributed by atoms with Gasteiger partial charge in [0, 0.05) is 22.7 Å². The van der Waals surface area contributed by atoms with Crippen molar-refractivity contribution in [2.75, 3.05) is 12.4 Å². The van der Waals surface area contributed by atoms with Gasteiger partial charge in [-0.3, -0.25) is 4.79 Å². The summed E-state index contributed by atoms with van der Waals surface area (Å²) in [5.41, 5.74) is 2.07. The first kappa shape index (κ1) is 17.7. The predicted octanol–water partition coefficient (Wildman–Crippen LogP) is 4.05. The van der Waals surface area contributed by atoms with Gasteiger partial charge in [-0.15, -0.1) is 0 Å². The van der Waals surface area contributed by atoms with E-state index in [2.05, 4.69) is 15.3 Å². The van der Waals surface area contributed by atoms with Crippen molar-refractivity contribution in [1.29, 1.82) is 0 Å². The summed E-state index contributed by atoms with van der Waals surface area (Å²) in [4.78, 5) is 31.5. The molecule has 2 heterocycles. The minimum absolute atomic E-state index is 0.335. The monoisotopic (exact) mass is 377 g/mol. The number of esters is 1. The van der Waals surface area contributed by atoms with Gasteiger partial charge in [0.05, 0.1) is 23.6 Å². The minimum atomic E-state index is -0.453. The van der Waals surface area contributed by atoms with Crippen LogP contribution in [0, 0.1) is 12.7 Å². The third-order valence-corrected chi connectivity index (χ3v) is 4.59. The van der Waals surface area contributed by atoms with Crippen LogP contribution in [0.3, 0.4) is 0 Å². The van der Waals surface area contributed by atoms with Gasteiger partial charge in [-0.05, 0) is 48.9 Å². The molecule has 0 saturated heterocycles. The number of anilines is 2. The molecule has 6 nitrogen and oxygen atoms in total. The highest BCUT2D eigenvalue weighted by atomic mass is 19.1. The van der Waals surface area contributed by atoms with Crippen LogP contribution >= 0.6 is 0 Å². The normalized spacial score (nSPS) is 11.0. The van der Waals surface area contributed by atoms with Gasteiger partial charge >= 0.3 is 5.97 Å². The number of H-pyrrole nitrogens is 1. The number of aromatic nitrogens is 2. The van der Waals surface area contributed by atoms with Crippen LogP contribution in [0.1, 0.15) is 15.9 Å². The van der Waals surface area contributed by atoms with Crippen molar-refractivity contribution in [2.24, 2.45) is 0 Å². The minimum Gasteiger partial charge on any atom is -0.465 e. The molecule has 0 unspecified atom stereocenters. The van der Waals surface area contributed by atoms with Gasteiger partial charge in [-0.1, -0.05) is 6.07 Å². The number of aromatic amines is 1. The van der Waals surface area contributed by atoms with E-state index in [-0.39, 0.29) is 5.56 Å². The maximum Gasteiger partial charge on any atom is 0.337 e. The Kier molecular flexibility index (Phi) is 4.27. The molecule has 0 radical (unpaired) electrons. The fourth-order valence-electron chi connectivity index (χ4n) is 3.15. The number of aryl methyl sites for hydroxylation is 1. The van der Waals surface area contributed by atoms with E-state index < -0.39 is 11.8 Å². The van der Waals surface area contributed by atoms with Gasteiger partial charge in [-0.25, -0.2) is 14.2 Å². The zero-order chi connectivity index (χ0) is 19.8. The van der Waals surface area contributed by atoms with E-state index in [1.165, 1.54) is 31.5 Å². The molecular formula is C21H16FN3O3. The summed E-state index contributed by atoms with van der Waals surface area (Å²) >= 11 is 0. The number of hydrogen-bond acceptors (Lipinski definition) is 5. The van der Waals surface area contributed by atoms with Crippen molar-refractivity contribution in [1.82, 2.24) is 9.97 Å². The highest BCUT2D eigenvalue weighted by molar-refractivity contribution is 6.10. The predicted molar refractivity (Wildman–Crippen MR) is 106 cm³/mol. The summed E-state index contributed by atoms with van der Waals surface area (Å²) in [5.74, 6) is -0.460. The Hall–Kier alpha value is -3.74. The Bertz CT molecular complexity index is 1300. The lowest BCUT2D eigenvalue weighted by molar-refractivity contribution is 0.0601. The number of nitrogens with one attached hydrogen (secondary N) is 2. The maximum absolute atomic E-state index is 13.8. The number of carbonyl (C=O) groups excluding carboxylic acids is 1. The second-order valence-corrected chi connectivity index (χ2v) is 6.36. The number of hydrogen-bond donors (Lipinski definition) is 2. The molecule has 2 aromatic heterocycles.